The van der Waals surface area contributed by atoms with Crippen molar-refractivity contribution in [1.29, 1.82) is 5.26 Å². The smallest absolute Gasteiger partial charge is 0.358 e. The van der Waals surface area contributed by atoms with Gasteiger partial charge in [0.2, 0.25) is 0 Å². The molecule has 3 rings (SSSR count). The van der Waals surface area contributed by atoms with Crippen molar-refractivity contribution in [2.24, 2.45) is 0 Å². The minimum atomic E-state index is -4.58. The topological polar surface area (TPSA) is 115 Å². The molecule has 1 atom stereocenters. The Morgan fingerprint density at radius 2 is 2.13 bits per heavy atom. The first-order chi connectivity index (χ1) is 14.1. The Morgan fingerprint density at radius 1 is 1.43 bits per heavy atom. The van der Waals surface area contributed by atoms with Crippen LogP contribution in [0.3, 0.4) is 0 Å². The standard InChI is InChI=1S/C17H11ClF3N5O3S/c1-2-5-25-16(27)13(18)12(14(24-25)26(28)29)9(7-22)15-23-10-6-8(17(19,20)21)3-4-11(10)30-15/h3-4,6,9H,2,5H2,1H3/t9-/m1/s1. The highest BCUT2D eigenvalue weighted by Crippen LogP contribution is 2.39. The van der Waals surface area contributed by atoms with Crippen molar-refractivity contribution in [3.8, 4) is 6.07 Å². The molecule has 0 saturated carbocycles. The van der Waals surface area contributed by atoms with Gasteiger partial charge < -0.3 is 10.1 Å². The fraction of sp³-hybridized carbons (Fsp3) is 0.294. The molecule has 1 aromatic carbocycles. The number of fused-ring (bicyclic) bond motifs is 1. The summed E-state index contributed by atoms with van der Waals surface area (Å²) >= 11 is 6.96. The van der Waals surface area contributed by atoms with Crippen molar-refractivity contribution in [3.63, 3.8) is 0 Å². The molecule has 0 spiro atoms. The number of aryl methyl sites for hydroxylation is 1. The number of hydrogen-bond acceptors (Lipinski definition) is 7. The van der Waals surface area contributed by atoms with Gasteiger partial charge in [-0.1, -0.05) is 18.5 Å². The average molecular weight is 458 g/mol. The van der Waals surface area contributed by atoms with Crippen LogP contribution in [-0.2, 0) is 12.7 Å². The number of aromatic nitrogens is 3. The first-order valence-electron chi connectivity index (χ1n) is 8.40. The fourth-order valence-electron chi connectivity index (χ4n) is 2.78. The van der Waals surface area contributed by atoms with Crippen molar-refractivity contribution >= 4 is 39.0 Å². The summed E-state index contributed by atoms with van der Waals surface area (Å²) in [4.78, 5) is 27.1. The van der Waals surface area contributed by atoms with E-state index in [4.69, 9.17) is 11.6 Å². The SMILES string of the molecule is CCCn1nc([N+](=O)[O-])c([C@@H](C#N)c2nc3cc(C(F)(F)F)ccc3s2)c(Cl)c1=O. The first kappa shape index (κ1) is 21.7. The Balaban J connectivity index is 2.21. The number of nitrogens with zero attached hydrogens (tertiary/aromatic N) is 5. The number of rotatable bonds is 5. The quantitative estimate of drug-likeness (QED) is 0.411. The predicted octanol–water partition coefficient (Wildman–Crippen LogP) is 4.50. The number of hydrogen-bond donors (Lipinski definition) is 0. The van der Waals surface area contributed by atoms with Crippen LogP contribution in [0.2, 0.25) is 5.02 Å². The molecule has 13 heteroatoms. The molecule has 156 valence electrons. The lowest BCUT2D eigenvalue weighted by Gasteiger charge is -2.09. The Bertz CT molecular complexity index is 1250. The second kappa shape index (κ2) is 8.00. The van der Waals surface area contributed by atoms with Gasteiger partial charge in [-0.2, -0.15) is 18.4 Å². The van der Waals surface area contributed by atoms with Crippen LogP contribution in [0, 0.1) is 21.4 Å². The molecule has 0 fully saturated rings. The summed E-state index contributed by atoms with van der Waals surface area (Å²) in [6, 6.07) is 4.69. The summed E-state index contributed by atoms with van der Waals surface area (Å²) in [7, 11) is 0. The summed E-state index contributed by atoms with van der Waals surface area (Å²) in [5, 5.41) is 24.3. The van der Waals surface area contributed by atoms with E-state index in [0.29, 0.717) is 11.1 Å². The molecular weight excluding hydrogens is 447 g/mol. The zero-order valence-corrected chi connectivity index (χ0v) is 16.7. The van der Waals surface area contributed by atoms with Crippen molar-refractivity contribution in [2.45, 2.75) is 32.0 Å². The van der Waals surface area contributed by atoms with Crippen LogP contribution in [0.4, 0.5) is 19.0 Å². The molecule has 0 bridgehead atoms. The number of benzene rings is 1. The lowest BCUT2D eigenvalue weighted by molar-refractivity contribution is -0.391. The summed E-state index contributed by atoms with van der Waals surface area (Å²) in [5.41, 5.74) is -2.19. The molecule has 8 nitrogen and oxygen atoms in total. The summed E-state index contributed by atoms with van der Waals surface area (Å²) in [5.74, 6) is -2.24. The van der Waals surface area contributed by atoms with Gasteiger partial charge in [-0.05, 0) is 29.5 Å². The molecule has 2 aromatic heterocycles. The average Bonchev–Trinajstić information content (AvgIpc) is 3.09. The Hall–Kier alpha value is -3.04. The van der Waals surface area contributed by atoms with E-state index < -0.39 is 44.5 Å². The molecule has 0 aliphatic carbocycles. The number of nitro groups is 1. The number of halogens is 4. The Kier molecular flexibility index (Phi) is 5.78. The lowest BCUT2D eigenvalue weighted by Crippen LogP contribution is -2.27. The molecule has 0 amide bonds. The Morgan fingerprint density at radius 3 is 2.70 bits per heavy atom. The van der Waals surface area contributed by atoms with Gasteiger partial charge in [-0.15, -0.1) is 16.0 Å². The molecule has 0 aliphatic rings. The van der Waals surface area contributed by atoms with Gasteiger partial charge in [0, 0.05) is 0 Å². The fourth-order valence-corrected chi connectivity index (χ4v) is 4.08. The molecule has 0 unspecified atom stereocenters. The highest BCUT2D eigenvalue weighted by atomic mass is 35.5. The number of thiazole rings is 1. The van der Waals surface area contributed by atoms with Gasteiger partial charge in [0.25, 0.3) is 0 Å². The highest BCUT2D eigenvalue weighted by Gasteiger charge is 2.35. The maximum atomic E-state index is 12.9. The summed E-state index contributed by atoms with van der Waals surface area (Å²) in [6.07, 6.45) is -4.12. The zero-order valence-electron chi connectivity index (χ0n) is 15.1. The molecule has 0 saturated heterocycles. The highest BCUT2D eigenvalue weighted by molar-refractivity contribution is 7.18. The van der Waals surface area contributed by atoms with Crippen molar-refractivity contribution < 1.29 is 18.1 Å². The van der Waals surface area contributed by atoms with E-state index in [9.17, 15) is 33.3 Å². The van der Waals surface area contributed by atoms with Gasteiger partial charge in [0.15, 0.2) is 0 Å². The van der Waals surface area contributed by atoms with E-state index in [1.54, 1.807) is 13.0 Å². The van der Waals surface area contributed by atoms with Crippen LogP contribution in [-0.4, -0.2) is 19.7 Å². The monoisotopic (exact) mass is 457 g/mol. The third-order valence-electron chi connectivity index (χ3n) is 4.12. The predicted molar refractivity (Wildman–Crippen MR) is 103 cm³/mol. The van der Waals surface area contributed by atoms with Gasteiger partial charge in [-0.3, -0.25) is 4.79 Å². The van der Waals surface area contributed by atoms with E-state index in [2.05, 4.69) is 10.1 Å². The molecule has 0 aliphatic heterocycles. The van der Waals surface area contributed by atoms with Crippen LogP contribution in [0.15, 0.2) is 23.0 Å². The number of nitriles is 1. The van der Waals surface area contributed by atoms with Crippen LogP contribution < -0.4 is 5.56 Å². The van der Waals surface area contributed by atoms with E-state index in [1.807, 2.05) is 0 Å². The van der Waals surface area contributed by atoms with Gasteiger partial charge in [0.1, 0.15) is 21.5 Å². The summed E-state index contributed by atoms with van der Waals surface area (Å²) in [6.45, 7) is 1.81. The van der Waals surface area contributed by atoms with Crippen LogP contribution in [0.25, 0.3) is 10.2 Å². The van der Waals surface area contributed by atoms with Gasteiger partial charge >= 0.3 is 17.6 Å². The third kappa shape index (κ3) is 3.86. The first-order valence-corrected chi connectivity index (χ1v) is 9.60. The molecular formula is C17H11ClF3N5O3S. The van der Waals surface area contributed by atoms with Gasteiger partial charge in [0.05, 0.1) is 33.5 Å². The number of alkyl halides is 3. The molecule has 2 heterocycles. The zero-order chi connectivity index (χ0) is 22.2. The molecule has 0 N–H and O–H groups in total. The minimum absolute atomic E-state index is 0.0314. The Labute approximate surface area is 175 Å². The minimum Gasteiger partial charge on any atom is -0.358 e. The van der Waals surface area contributed by atoms with Crippen LogP contribution >= 0.6 is 22.9 Å². The van der Waals surface area contributed by atoms with Crippen molar-refractivity contribution in [2.75, 3.05) is 0 Å². The normalized spacial score (nSPS) is 12.7. The molecule has 0 radical (unpaired) electrons. The lowest BCUT2D eigenvalue weighted by atomic mass is 10.0. The maximum absolute atomic E-state index is 12.9. The van der Waals surface area contributed by atoms with E-state index in [0.717, 1.165) is 28.2 Å². The second-order valence-corrected chi connectivity index (χ2v) is 7.57. The van der Waals surface area contributed by atoms with E-state index in [-0.39, 0.29) is 17.1 Å². The van der Waals surface area contributed by atoms with Gasteiger partial charge in [-0.25, -0.2) is 4.98 Å². The molecule has 3 aromatic rings. The second-order valence-electron chi connectivity index (χ2n) is 6.13. The van der Waals surface area contributed by atoms with Crippen LogP contribution in [0.1, 0.15) is 35.4 Å². The third-order valence-corrected chi connectivity index (χ3v) is 5.59. The van der Waals surface area contributed by atoms with E-state index >= 15 is 0 Å². The van der Waals surface area contributed by atoms with Crippen molar-refractivity contribution in [3.05, 3.63) is 59.8 Å². The van der Waals surface area contributed by atoms with Crippen molar-refractivity contribution in [1.82, 2.24) is 14.8 Å². The maximum Gasteiger partial charge on any atom is 0.416 e. The molecule has 30 heavy (non-hydrogen) atoms. The summed E-state index contributed by atoms with van der Waals surface area (Å²) < 4.78 is 40.0. The van der Waals surface area contributed by atoms with Crippen LogP contribution in [0.5, 0.6) is 0 Å². The largest absolute Gasteiger partial charge is 0.416 e. The van der Waals surface area contributed by atoms with E-state index in [1.165, 1.54) is 6.07 Å².